The van der Waals surface area contributed by atoms with E-state index < -0.39 is 5.97 Å². The first-order valence-electron chi connectivity index (χ1n) is 6.12. The molecule has 1 heterocycles. The number of aliphatic carboxylic acids is 1. The maximum Gasteiger partial charge on any atom is 0.303 e. The number of benzene rings is 1. The van der Waals surface area contributed by atoms with Crippen LogP contribution < -0.4 is 4.74 Å². The summed E-state index contributed by atoms with van der Waals surface area (Å²) in [5.74, 6) is -0.105. The van der Waals surface area contributed by atoms with Crippen LogP contribution in [-0.4, -0.2) is 32.7 Å². The maximum atomic E-state index is 10.4. The molecule has 0 bridgehead atoms. The van der Waals surface area contributed by atoms with Gasteiger partial charge in [-0.05, 0) is 24.3 Å². The monoisotopic (exact) mass is 295 g/mol. The van der Waals surface area contributed by atoms with Crippen LogP contribution in [0, 0.1) is 0 Å². The number of nitrogens with zero attached hydrogens (tertiary/aromatic N) is 3. The van der Waals surface area contributed by atoms with Crippen molar-refractivity contribution in [2.75, 3.05) is 6.61 Å². The van der Waals surface area contributed by atoms with E-state index in [1.807, 2.05) is 0 Å². The molecule has 6 nitrogen and oxygen atoms in total. The number of halogens is 1. The molecule has 0 fully saturated rings. The molecule has 0 saturated heterocycles. The highest BCUT2D eigenvalue weighted by Gasteiger charge is 2.04. The molecule has 0 amide bonds. The van der Waals surface area contributed by atoms with Crippen LogP contribution in [0.1, 0.15) is 12.1 Å². The van der Waals surface area contributed by atoms with Gasteiger partial charge in [-0.25, -0.2) is 4.68 Å². The van der Waals surface area contributed by atoms with Gasteiger partial charge >= 0.3 is 5.97 Å². The van der Waals surface area contributed by atoms with Crippen LogP contribution in [0.3, 0.4) is 0 Å². The second-order valence-corrected chi connectivity index (χ2v) is 4.61. The number of hydrogen-bond acceptors (Lipinski definition) is 4. The van der Waals surface area contributed by atoms with E-state index in [-0.39, 0.29) is 6.42 Å². The Morgan fingerprint density at radius 1 is 1.35 bits per heavy atom. The zero-order valence-electron chi connectivity index (χ0n) is 10.7. The summed E-state index contributed by atoms with van der Waals surface area (Å²) in [4.78, 5) is 10.4. The van der Waals surface area contributed by atoms with Crippen molar-refractivity contribution < 1.29 is 14.6 Å². The molecule has 0 saturated carbocycles. The molecule has 0 radical (unpaired) electrons. The Balaban J connectivity index is 1.76. The van der Waals surface area contributed by atoms with E-state index in [9.17, 15) is 4.79 Å². The largest absolute Gasteiger partial charge is 0.492 e. The van der Waals surface area contributed by atoms with Gasteiger partial charge in [0.05, 0.1) is 18.7 Å². The van der Waals surface area contributed by atoms with Gasteiger partial charge in [0, 0.05) is 17.6 Å². The van der Waals surface area contributed by atoms with Crippen molar-refractivity contribution in [1.29, 1.82) is 0 Å². The number of aryl methyl sites for hydroxylation is 1. The van der Waals surface area contributed by atoms with Crippen LogP contribution in [0.5, 0.6) is 5.75 Å². The molecule has 1 aromatic carbocycles. The Bertz CT molecular complexity index is 568. The van der Waals surface area contributed by atoms with Crippen molar-refractivity contribution in [2.45, 2.75) is 19.4 Å². The molecule has 7 heteroatoms. The minimum atomic E-state index is -0.842. The van der Waals surface area contributed by atoms with Crippen LogP contribution in [0.25, 0.3) is 0 Å². The lowest BCUT2D eigenvalue weighted by Crippen LogP contribution is -2.08. The molecule has 20 heavy (non-hydrogen) atoms. The average molecular weight is 296 g/mol. The third-order valence-electron chi connectivity index (χ3n) is 2.58. The fourth-order valence-electron chi connectivity index (χ4n) is 1.59. The minimum Gasteiger partial charge on any atom is -0.492 e. The van der Waals surface area contributed by atoms with E-state index in [4.69, 9.17) is 21.4 Å². The highest BCUT2D eigenvalue weighted by Crippen LogP contribution is 2.15. The van der Waals surface area contributed by atoms with Crippen molar-refractivity contribution in [3.05, 3.63) is 41.2 Å². The first kappa shape index (κ1) is 14.3. The average Bonchev–Trinajstić information content (AvgIpc) is 2.87. The Morgan fingerprint density at radius 2 is 2.10 bits per heavy atom. The predicted molar refractivity (Wildman–Crippen MR) is 72.9 cm³/mol. The summed E-state index contributed by atoms with van der Waals surface area (Å²) in [6, 6.07) is 7.11. The Labute approximate surface area is 120 Å². The van der Waals surface area contributed by atoms with Crippen LogP contribution in [-0.2, 0) is 17.8 Å². The number of ether oxygens (including phenoxy) is 1. The standard InChI is InChI=1S/C13H14ClN3O3/c14-10-1-4-12(5-2-10)20-8-7-17-9-11(15-16-17)3-6-13(18)19/h1-2,4-5,9H,3,6-8H2,(H,18,19). The van der Waals surface area contributed by atoms with Crippen LogP contribution >= 0.6 is 11.6 Å². The van der Waals surface area contributed by atoms with Crippen LogP contribution in [0.4, 0.5) is 0 Å². The third-order valence-corrected chi connectivity index (χ3v) is 2.84. The fraction of sp³-hybridized carbons (Fsp3) is 0.308. The molecule has 1 aromatic heterocycles. The van der Waals surface area contributed by atoms with Gasteiger partial charge in [0.1, 0.15) is 12.4 Å². The molecular formula is C13H14ClN3O3. The van der Waals surface area contributed by atoms with E-state index >= 15 is 0 Å². The van der Waals surface area contributed by atoms with Gasteiger partial charge in [-0.15, -0.1) is 5.10 Å². The maximum absolute atomic E-state index is 10.4. The highest BCUT2D eigenvalue weighted by atomic mass is 35.5. The molecular weight excluding hydrogens is 282 g/mol. The summed E-state index contributed by atoms with van der Waals surface area (Å²) in [6.07, 6.45) is 2.17. The molecule has 0 aliphatic carbocycles. The second kappa shape index (κ2) is 6.91. The molecule has 0 aliphatic rings. The summed E-state index contributed by atoms with van der Waals surface area (Å²) in [5.41, 5.74) is 0.666. The number of carboxylic acid groups (broad SMARTS) is 1. The third kappa shape index (κ3) is 4.55. The normalized spacial score (nSPS) is 10.4. The lowest BCUT2D eigenvalue weighted by molar-refractivity contribution is -0.136. The van der Waals surface area contributed by atoms with Gasteiger partial charge in [-0.2, -0.15) is 0 Å². The topological polar surface area (TPSA) is 77.2 Å². The number of carbonyl (C=O) groups is 1. The Kier molecular flexibility index (Phi) is 4.95. The van der Waals surface area contributed by atoms with Crippen LogP contribution in [0.2, 0.25) is 5.02 Å². The summed E-state index contributed by atoms with van der Waals surface area (Å²) >= 11 is 5.78. The molecule has 0 atom stereocenters. The quantitative estimate of drug-likeness (QED) is 0.845. The van der Waals surface area contributed by atoms with Crippen molar-refractivity contribution in [1.82, 2.24) is 15.0 Å². The molecule has 1 N–H and O–H groups in total. The van der Waals surface area contributed by atoms with E-state index in [1.54, 1.807) is 35.1 Å². The lowest BCUT2D eigenvalue weighted by atomic mass is 10.2. The van der Waals surface area contributed by atoms with Gasteiger partial charge in [-0.3, -0.25) is 4.79 Å². The highest BCUT2D eigenvalue weighted by molar-refractivity contribution is 6.30. The van der Waals surface area contributed by atoms with Gasteiger partial charge in [0.15, 0.2) is 0 Å². The second-order valence-electron chi connectivity index (χ2n) is 4.17. The van der Waals surface area contributed by atoms with Gasteiger partial charge in [-0.1, -0.05) is 16.8 Å². The zero-order chi connectivity index (χ0) is 14.4. The number of aromatic nitrogens is 3. The molecule has 0 aliphatic heterocycles. The summed E-state index contributed by atoms with van der Waals surface area (Å²) < 4.78 is 7.16. The summed E-state index contributed by atoms with van der Waals surface area (Å²) in [7, 11) is 0. The molecule has 2 rings (SSSR count). The lowest BCUT2D eigenvalue weighted by Gasteiger charge is -2.05. The molecule has 106 valence electrons. The predicted octanol–water partition coefficient (Wildman–Crippen LogP) is 2.03. The number of rotatable bonds is 7. The SMILES string of the molecule is O=C(O)CCc1cn(CCOc2ccc(Cl)cc2)nn1. The minimum absolute atomic E-state index is 0.0555. The summed E-state index contributed by atoms with van der Waals surface area (Å²) in [6.45, 7) is 0.992. The number of carboxylic acids is 1. The van der Waals surface area contributed by atoms with Gasteiger partial charge in [0.25, 0.3) is 0 Å². The fourth-order valence-corrected chi connectivity index (χ4v) is 1.71. The number of hydrogen-bond donors (Lipinski definition) is 1. The van der Waals surface area contributed by atoms with E-state index in [0.29, 0.717) is 30.3 Å². The first-order chi connectivity index (χ1) is 9.63. The molecule has 0 unspecified atom stereocenters. The zero-order valence-corrected chi connectivity index (χ0v) is 11.5. The van der Waals surface area contributed by atoms with Crippen LogP contribution in [0.15, 0.2) is 30.5 Å². The van der Waals surface area contributed by atoms with Crippen molar-refractivity contribution in [3.63, 3.8) is 0 Å². The Morgan fingerprint density at radius 3 is 2.80 bits per heavy atom. The summed E-state index contributed by atoms with van der Waals surface area (Å²) in [5, 5.41) is 17.1. The first-order valence-corrected chi connectivity index (χ1v) is 6.50. The van der Waals surface area contributed by atoms with Crippen molar-refractivity contribution in [2.24, 2.45) is 0 Å². The van der Waals surface area contributed by atoms with E-state index in [2.05, 4.69) is 10.3 Å². The molecule has 2 aromatic rings. The van der Waals surface area contributed by atoms with Gasteiger partial charge in [0.2, 0.25) is 0 Å². The van der Waals surface area contributed by atoms with Crippen molar-refractivity contribution >= 4 is 17.6 Å². The Hall–Kier alpha value is -2.08. The van der Waals surface area contributed by atoms with E-state index in [1.165, 1.54) is 0 Å². The smallest absolute Gasteiger partial charge is 0.303 e. The molecule has 0 spiro atoms. The van der Waals surface area contributed by atoms with E-state index in [0.717, 1.165) is 5.75 Å². The van der Waals surface area contributed by atoms with Crippen molar-refractivity contribution in [3.8, 4) is 5.75 Å². The van der Waals surface area contributed by atoms with Gasteiger partial charge < -0.3 is 9.84 Å².